The van der Waals surface area contributed by atoms with Crippen LogP contribution in [0.5, 0.6) is 0 Å². The highest BCUT2D eigenvalue weighted by Gasteiger charge is 2.20. The number of fused-ring (bicyclic) bond motifs is 1. The van der Waals surface area contributed by atoms with Crippen molar-refractivity contribution in [2.24, 2.45) is 11.1 Å². The van der Waals surface area contributed by atoms with Crippen LogP contribution in [0, 0.1) is 5.41 Å². The summed E-state index contributed by atoms with van der Waals surface area (Å²) in [7, 11) is 2.11. The Bertz CT molecular complexity index is 521. The first-order valence-electron chi connectivity index (χ1n) is 6.28. The number of hydrogen-bond donors (Lipinski definition) is 1. The highest BCUT2D eigenvalue weighted by atomic mass is 32.1. The Kier molecular flexibility index (Phi) is 3.64. The zero-order chi connectivity index (χ0) is 13.3. The molecule has 4 nitrogen and oxygen atoms in total. The summed E-state index contributed by atoms with van der Waals surface area (Å²) in [6.45, 7) is 8.36. The van der Waals surface area contributed by atoms with Crippen molar-refractivity contribution in [2.45, 2.75) is 27.2 Å². The highest BCUT2D eigenvalue weighted by molar-refractivity contribution is 7.15. The Labute approximate surface area is 112 Å². The Balaban J connectivity index is 2.36. The second-order valence-corrected chi connectivity index (χ2v) is 6.77. The molecule has 2 N–H and O–H groups in total. The van der Waals surface area contributed by atoms with E-state index in [1.807, 2.05) is 0 Å². The van der Waals surface area contributed by atoms with Gasteiger partial charge in [-0.05, 0) is 12.0 Å². The third-order valence-corrected chi connectivity index (χ3v) is 3.55. The smallest absolute Gasteiger partial charge is 0.195 e. The molecule has 0 saturated carbocycles. The van der Waals surface area contributed by atoms with E-state index in [2.05, 4.69) is 48.7 Å². The van der Waals surface area contributed by atoms with Crippen LogP contribution >= 0.6 is 11.3 Å². The standard InChI is InChI=1S/C13H22N4S/c1-13(2,3)9-16(4)11-10(5-6-14)17-7-8-18-12(17)15-11/h7-8H,5-6,9,14H2,1-4H3. The predicted molar refractivity (Wildman–Crippen MR) is 78.6 cm³/mol. The van der Waals surface area contributed by atoms with Crippen molar-refractivity contribution < 1.29 is 0 Å². The van der Waals surface area contributed by atoms with Crippen LogP contribution in [0.4, 0.5) is 5.82 Å². The summed E-state index contributed by atoms with van der Waals surface area (Å²) in [5.74, 6) is 1.07. The first-order valence-corrected chi connectivity index (χ1v) is 7.16. The van der Waals surface area contributed by atoms with Crippen LogP contribution in [-0.2, 0) is 6.42 Å². The van der Waals surface area contributed by atoms with Gasteiger partial charge >= 0.3 is 0 Å². The molecule has 0 aliphatic rings. The molecule has 0 unspecified atom stereocenters. The number of thiazole rings is 1. The molecule has 0 aliphatic heterocycles. The number of nitrogens with two attached hydrogens (primary N) is 1. The van der Waals surface area contributed by atoms with Gasteiger partial charge in [-0.3, -0.25) is 4.40 Å². The number of rotatable bonds is 4. The first-order chi connectivity index (χ1) is 8.42. The maximum Gasteiger partial charge on any atom is 0.195 e. The fourth-order valence-electron chi connectivity index (χ4n) is 2.28. The van der Waals surface area contributed by atoms with Gasteiger partial charge in [0.25, 0.3) is 0 Å². The van der Waals surface area contributed by atoms with Gasteiger partial charge in [-0.1, -0.05) is 20.8 Å². The fourth-order valence-corrected chi connectivity index (χ4v) is 3.01. The summed E-state index contributed by atoms with van der Waals surface area (Å²) in [4.78, 5) is 8.02. The minimum Gasteiger partial charge on any atom is -0.358 e. The Morgan fingerprint density at radius 1 is 1.44 bits per heavy atom. The molecule has 0 amide bonds. The molecular weight excluding hydrogens is 244 g/mol. The Morgan fingerprint density at radius 2 is 2.17 bits per heavy atom. The zero-order valence-corrected chi connectivity index (χ0v) is 12.4. The molecule has 0 aliphatic carbocycles. The van der Waals surface area contributed by atoms with Crippen LogP contribution in [0.1, 0.15) is 26.5 Å². The van der Waals surface area contributed by atoms with Crippen molar-refractivity contribution >= 4 is 22.1 Å². The monoisotopic (exact) mass is 266 g/mol. The van der Waals surface area contributed by atoms with Crippen molar-refractivity contribution in [1.29, 1.82) is 0 Å². The van der Waals surface area contributed by atoms with E-state index in [0.29, 0.717) is 6.54 Å². The molecule has 18 heavy (non-hydrogen) atoms. The third-order valence-electron chi connectivity index (χ3n) is 2.79. The highest BCUT2D eigenvalue weighted by Crippen LogP contribution is 2.26. The number of anilines is 1. The van der Waals surface area contributed by atoms with Crippen molar-refractivity contribution in [2.75, 3.05) is 25.0 Å². The van der Waals surface area contributed by atoms with E-state index in [-0.39, 0.29) is 5.41 Å². The number of nitrogens with zero attached hydrogens (tertiary/aromatic N) is 3. The molecule has 0 aromatic carbocycles. The summed E-state index contributed by atoms with van der Waals surface area (Å²) < 4.78 is 2.16. The fraction of sp³-hybridized carbons (Fsp3) is 0.615. The van der Waals surface area contributed by atoms with Crippen LogP contribution < -0.4 is 10.6 Å². The van der Waals surface area contributed by atoms with E-state index >= 15 is 0 Å². The van der Waals surface area contributed by atoms with E-state index in [1.165, 1.54) is 5.69 Å². The quantitative estimate of drug-likeness (QED) is 0.924. The SMILES string of the molecule is CN(CC(C)(C)C)c1nc2sccn2c1CCN. The van der Waals surface area contributed by atoms with Crippen molar-refractivity contribution in [1.82, 2.24) is 9.38 Å². The van der Waals surface area contributed by atoms with E-state index < -0.39 is 0 Å². The maximum atomic E-state index is 5.72. The summed E-state index contributed by atoms with van der Waals surface area (Å²) in [6, 6.07) is 0. The minimum absolute atomic E-state index is 0.256. The number of aromatic nitrogens is 2. The second-order valence-electron chi connectivity index (χ2n) is 5.89. The second kappa shape index (κ2) is 4.90. The molecule has 2 aromatic heterocycles. The summed E-state index contributed by atoms with van der Waals surface area (Å²) >= 11 is 1.67. The van der Waals surface area contributed by atoms with Crippen LogP contribution in [0.25, 0.3) is 4.96 Å². The molecule has 0 radical (unpaired) electrons. The molecule has 0 bridgehead atoms. The number of imidazole rings is 1. The summed E-state index contributed by atoms with van der Waals surface area (Å²) in [6.07, 6.45) is 2.94. The lowest BCUT2D eigenvalue weighted by Crippen LogP contribution is -2.30. The Morgan fingerprint density at radius 3 is 2.78 bits per heavy atom. The van der Waals surface area contributed by atoms with Crippen LogP contribution in [0.3, 0.4) is 0 Å². The van der Waals surface area contributed by atoms with Gasteiger partial charge in [0.15, 0.2) is 10.8 Å². The molecule has 0 saturated heterocycles. The van der Waals surface area contributed by atoms with Crippen LogP contribution in [0.15, 0.2) is 11.6 Å². The van der Waals surface area contributed by atoms with Gasteiger partial charge in [0, 0.05) is 31.6 Å². The lowest BCUT2D eigenvalue weighted by molar-refractivity contribution is 0.417. The van der Waals surface area contributed by atoms with E-state index in [0.717, 1.165) is 23.7 Å². The zero-order valence-electron chi connectivity index (χ0n) is 11.6. The van der Waals surface area contributed by atoms with Crippen LogP contribution in [-0.4, -0.2) is 29.5 Å². The van der Waals surface area contributed by atoms with Crippen LogP contribution in [0.2, 0.25) is 0 Å². The van der Waals surface area contributed by atoms with Gasteiger partial charge in [-0.15, -0.1) is 11.3 Å². The minimum atomic E-state index is 0.256. The van der Waals surface area contributed by atoms with Crippen molar-refractivity contribution in [3.63, 3.8) is 0 Å². The van der Waals surface area contributed by atoms with Gasteiger partial charge in [0.1, 0.15) is 0 Å². The third kappa shape index (κ3) is 2.67. The summed E-state index contributed by atoms with van der Waals surface area (Å²) in [5, 5.41) is 2.07. The molecule has 2 aromatic rings. The first kappa shape index (κ1) is 13.4. The maximum absolute atomic E-state index is 5.72. The summed E-state index contributed by atoms with van der Waals surface area (Å²) in [5.41, 5.74) is 7.20. The van der Waals surface area contributed by atoms with E-state index in [4.69, 9.17) is 10.7 Å². The van der Waals surface area contributed by atoms with Gasteiger partial charge in [-0.2, -0.15) is 0 Å². The lowest BCUT2D eigenvalue weighted by Gasteiger charge is -2.27. The number of hydrogen-bond acceptors (Lipinski definition) is 4. The molecule has 5 heteroatoms. The topological polar surface area (TPSA) is 46.6 Å². The average Bonchev–Trinajstić information content (AvgIpc) is 2.78. The predicted octanol–water partition coefficient (Wildman–Crippen LogP) is 2.38. The van der Waals surface area contributed by atoms with Crippen molar-refractivity contribution in [3.05, 3.63) is 17.3 Å². The molecule has 2 heterocycles. The molecule has 0 fully saturated rings. The van der Waals surface area contributed by atoms with Gasteiger partial charge in [0.05, 0.1) is 5.69 Å². The van der Waals surface area contributed by atoms with Gasteiger partial charge in [-0.25, -0.2) is 4.98 Å². The van der Waals surface area contributed by atoms with Gasteiger partial charge in [0.2, 0.25) is 0 Å². The molecule has 0 atom stereocenters. The molecule has 100 valence electrons. The molecule has 0 spiro atoms. The largest absolute Gasteiger partial charge is 0.358 e. The molecule has 2 rings (SSSR count). The average molecular weight is 266 g/mol. The van der Waals surface area contributed by atoms with Crippen molar-refractivity contribution in [3.8, 4) is 0 Å². The van der Waals surface area contributed by atoms with E-state index in [1.54, 1.807) is 11.3 Å². The normalized spacial score (nSPS) is 12.3. The van der Waals surface area contributed by atoms with Gasteiger partial charge < -0.3 is 10.6 Å². The molecular formula is C13H22N4S. The van der Waals surface area contributed by atoms with E-state index in [9.17, 15) is 0 Å². The lowest BCUT2D eigenvalue weighted by atomic mass is 9.96. The Hall–Kier alpha value is -1.07.